The summed E-state index contributed by atoms with van der Waals surface area (Å²) in [7, 11) is 0. The van der Waals surface area contributed by atoms with Gasteiger partial charge in [-0.15, -0.1) is 0 Å². The lowest BCUT2D eigenvalue weighted by Gasteiger charge is -2.15. The maximum Gasteiger partial charge on any atom is 0.407 e. The van der Waals surface area contributed by atoms with Crippen LogP contribution in [0.3, 0.4) is 0 Å². The molecular weight excluding hydrogens is 428 g/mol. The Labute approximate surface area is 190 Å². The number of nitrogens with one attached hydrogen (secondary N) is 2. The van der Waals surface area contributed by atoms with Crippen LogP contribution in [0.2, 0.25) is 0 Å². The number of alkyl carbamates (subject to hydrolysis) is 1. The van der Waals surface area contributed by atoms with E-state index in [9.17, 15) is 14.4 Å². The van der Waals surface area contributed by atoms with Crippen molar-refractivity contribution in [3.63, 3.8) is 0 Å². The summed E-state index contributed by atoms with van der Waals surface area (Å²) in [6.45, 7) is 0.649. The topological polar surface area (TPSA) is 105 Å². The van der Waals surface area contributed by atoms with Gasteiger partial charge in [0.25, 0.3) is 0 Å². The van der Waals surface area contributed by atoms with Gasteiger partial charge in [0.1, 0.15) is 6.61 Å². The minimum Gasteiger partial charge on any atom is -0.481 e. The van der Waals surface area contributed by atoms with Crippen molar-refractivity contribution >= 4 is 29.7 Å². The number of fused-ring (bicyclic) bond motifs is 3. The molecule has 0 spiro atoms. The number of rotatable bonds is 10. The Hall–Kier alpha value is -3.00. The predicted molar refractivity (Wildman–Crippen MR) is 123 cm³/mol. The van der Waals surface area contributed by atoms with Crippen LogP contribution in [0.25, 0.3) is 11.1 Å². The third-order valence-corrected chi connectivity index (χ3v) is 6.80. The normalized spacial score (nSPS) is 15.4. The van der Waals surface area contributed by atoms with E-state index in [1.807, 2.05) is 24.3 Å². The highest BCUT2D eigenvalue weighted by atomic mass is 32.2. The number of benzene rings is 2. The molecule has 168 valence electrons. The molecule has 2 aromatic carbocycles. The standard InChI is InChI=1S/C24H26N2O5S/c27-21(26-24(9-10-24)13-22(28)29)15-32-12-11-25-23(30)31-14-20-18-7-3-1-5-16(18)17-6-2-4-8-19(17)20/h1-8,20H,9-15H2,(H,25,30)(H,26,27)(H,28,29). The van der Waals surface area contributed by atoms with Crippen molar-refractivity contribution < 1.29 is 24.2 Å². The van der Waals surface area contributed by atoms with Gasteiger partial charge in [-0.2, -0.15) is 11.8 Å². The highest BCUT2D eigenvalue weighted by Crippen LogP contribution is 2.44. The monoisotopic (exact) mass is 454 g/mol. The van der Waals surface area contributed by atoms with Gasteiger partial charge in [-0.25, -0.2) is 4.79 Å². The minimum atomic E-state index is -0.900. The number of ether oxygens (including phenoxy) is 1. The third-order valence-electron chi connectivity index (χ3n) is 5.84. The second kappa shape index (κ2) is 9.65. The number of carboxylic acid groups (broad SMARTS) is 1. The first-order valence-electron chi connectivity index (χ1n) is 10.7. The molecule has 0 heterocycles. The molecule has 2 amide bonds. The lowest BCUT2D eigenvalue weighted by molar-refractivity contribution is -0.138. The van der Waals surface area contributed by atoms with Gasteiger partial charge < -0.3 is 20.5 Å². The van der Waals surface area contributed by atoms with Crippen LogP contribution in [0.4, 0.5) is 4.79 Å². The second-order valence-corrected chi connectivity index (χ2v) is 9.31. The Morgan fingerprint density at radius 1 is 1.03 bits per heavy atom. The minimum absolute atomic E-state index is 0.0202. The highest BCUT2D eigenvalue weighted by molar-refractivity contribution is 7.99. The van der Waals surface area contributed by atoms with Crippen molar-refractivity contribution in [3.8, 4) is 11.1 Å². The Kier molecular flexibility index (Phi) is 6.69. The molecule has 1 saturated carbocycles. The fourth-order valence-corrected chi connectivity index (χ4v) is 4.81. The molecule has 0 aromatic heterocycles. The van der Waals surface area contributed by atoms with E-state index in [1.165, 1.54) is 34.0 Å². The van der Waals surface area contributed by atoms with E-state index in [1.54, 1.807) is 0 Å². The van der Waals surface area contributed by atoms with Crippen LogP contribution < -0.4 is 10.6 Å². The number of amides is 2. The van der Waals surface area contributed by atoms with E-state index in [0.717, 1.165) is 0 Å². The zero-order chi connectivity index (χ0) is 22.6. The quantitative estimate of drug-likeness (QED) is 0.476. The maximum atomic E-state index is 12.1. The Morgan fingerprint density at radius 3 is 2.25 bits per heavy atom. The van der Waals surface area contributed by atoms with E-state index < -0.39 is 17.6 Å². The average Bonchev–Trinajstić information content (AvgIpc) is 3.43. The summed E-state index contributed by atoms with van der Waals surface area (Å²) in [6, 6.07) is 16.4. The first-order chi connectivity index (χ1) is 15.5. The van der Waals surface area contributed by atoms with Crippen LogP contribution in [0, 0.1) is 0 Å². The molecule has 0 aliphatic heterocycles. The van der Waals surface area contributed by atoms with Crippen LogP contribution in [0.15, 0.2) is 48.5 Å². The van der Waals surface area contributed by atoms with Crippen molar-refractivity contribution in [1.29, 1.82) is 0 Å². The molecule has 2 aromatic rings. The molecular formula is C24H26N2O5S. The number of aliphatic carboxylic acids is 1. The average molecular weight is 455 g/mol. The molecule has 8 heteroatoms. The number of carboxylic acids is 1. The Balaban J connectivity index is 1.16. The van der Waals surface area contributed by atoms with Gasteiger partial charge in [0.2, 0.25) is 5.91 Å². The van der Waals surface area contributed by atoms with E-state index in [0.29, 0.717) is 25.1 Å². The number of thioether (sulfide) groups is 1. The van der Waals surface area contributed by atoms with Crippen LogP contribution in [-0.2, 0) is 14.3 Å². The summed E-state index contributed by atoms with van der Waals surface area (Å²) in [5.41, 5.74) is 4.15. The fraction of sp³-hybridized carbons (Fsp3) is 0.375. The zero-order valence-electron chi connectivity index (χ0n) is 17.6. The van der Waals surface area contributed by atoms with Crippen molar-refractivity contribution in [2.24, 2.45) is 0 Å². The molecule has 0 radical (unpaired) electrons. The molecule has 0 unspecified atom stereocenters. The smallest absolute Gasteiger partial charge is 0.407 e. The van der Waals surface area contributed by atoms with Gasteiger partial charge in [0.05, 0.1) is 17.7 Å². The second-order valence-electron chi connectivity index (χ2n) is 8.20. The molecule has 2 aliphatic carbocycles. The van der Waals surface area contributed by atoms with Crippen LogP contribution >= 0.6 is 11.8 Å². The molecule has 7 nitrogen and oxygen atoms in total. The first-order valence-corrected chi connectivity index (χ1v) is 11.8. The summed E-state index contributed by atoms with van der Waals surface area (Å²) < 4.78 is 5.48. The lowest BCUT2D eigenvalue weighted by Crippen LogP contribution is -2.39. The number of hydrogen-bond donors (Lipinski definition) is 3. The predicted octanol–water partition coefficient (Wildman–Crippen LogP) is 3.38. The Morgan fingerprint density at radius 2 is 1.66 bits per heavy atom. The first kappa shape index (κ1) is 22.2. The van der Waals surface area contributed by atoms with Crippen LogP contribution in [0.1, 0.15) is 36.3 Å². The van der Waals surface area contributed by atoms with Crippen molar-refractivity contribution in [3.05, 3.63) is 59.7 Å². The molecule has 2 aliphatic rings. The van der Waals surface area contributed by atoms with Gasteiger partial charge in [0, 0.05) is 18.2 Å². The SMILES string of the molecule is O=C(O)CC1(NC(=O)CSCCNC(=O)OCC2c3ccccc3-c3ccccc32)CC1. The number of carbonyl (C=O) groups excluding carboxylic acids is 2. The highest BCUT2D eigenvalue weighted by Gasteiger charge is 2.45. The van der Waals surface area contributed by atoms with E-state index >= 15 is 0 Å². The van der Waals surface area contributed by atoms with Gasteiger partial charge in [0.15, 0.2) is 0 Å². The maximum absolute atomic E-state index is 12.1. The van der Waals surface area contributed by atoms with Gasteiger partial charge in [-0.1, -0.05) is 48.5 Å². The molecule has 32 heavy (non-hydrogen) atoms. The van der Waals surface area contributed by atoms with Gasteiger partial charge in [-0.05, 0) is 35.1 Å². The summed E-state index contributed by atoms with van der Waals surface area (Å²) in [5, 5.41) is 14.4. The van der Waals surface area contributed by atoms with E-state index in [-0.39, 0.29) is 30.6 Å². The summed E-state index contributed by atoms with van der Waals surface area (Å²) in [5.74, 6) is -0.263. The number of hydrogen-bond acceptors (Lipinski definition) is 5. The van der Waals surface area contributed by atoms with Gasteiger partial charge >= 0.3 is 12.1 Å². The molecule has 3 N–H and O–H groups in total. The fourth-order valence-electron chi connectivity index (χ4n) is 4.16. The van der Waals surface area contributed by atoms with Crippen molar-refractivity contribution in [2.75, 3.05) is 24.7 Å². The van der Waals surface area contributed by atoms with E-state index in [4.69, 9.17) is 9.84 Å². The zero-order valence-corrected chi connectivity index (χ0v) is 18.5. The van der Waals surface area contributed by atoms with Crippen molar-refractivity contribution in [1.82, 2.24) is 10.6 Å². The number of carbonyl (C=O) groups is 3. The summed E-state index contributed by atoms with van der Waals surface area (Å²) in [6.07, 6.45) is 0.903. The van der Waals surface area contributed by atoms with Crippen LogP contribution in [-0.4, -0.2) is 53.3 Å². The summed E-state index contributed by atoms with van der Waals surface area (Å²) in [4.78, 5) is 35.0. The van der Waals surface area contributed by atoms with E-state index in [2.05, 4.69) is 34.9 Å². The largest absolute Gasteiger partial charge is 0.481 e. The summed E-state index contributed by atoms with van der Waals surface area (Å²) >= 11 is 1.39. The molecule has 4 rings (SSSR count). The van der Waals surface area contributed by atoms with Crippen LogP contribution in [0.5, 0.6) is 0 Å². The molecule has 0 saturated heterocycles. The molecule has 0 atom stereocenters. The van der Waals surface area contributed by atoms with Crippen molar-refractivity contribution in [2.45, 2.75) is 30.7 Å². The Bertz CT molecular complexity index is 975. The lowest BCUT2D eigenvalue weighted by atomic mass is 9.98. The molecule has 1 fully saturated rings. The third kappa shape index (κ3) is 5.24. The molecule has 0 bridgehead atoms. The van der Waals surface area contributed by atoms with Gasteiger partial charge in [-0.3, -0.25) is 9.59 Å².